The van der Waals surface area contributed by atoms with Gasteiger partial charge < -0.3 is 16.2 Å². The zero-order chi connectivity index (χ0) is 24.1. The van der Waals surface area contributed by atoms with E-state index in [0.29, 0.717) is 18.5 Å². The number of nitrogens with one attached hydrogen (secondary N) is 1. The number of nitrogens with two attached hydrogens (primary N) is 1. The summed E-state index contributed by atoms with van der Waals surface area (Å²) in [6.45, 7) is 3.76. The molecule has 2 atom stereocenters. The Morgan fingerprint density at radius 1 is 1.27 bits per heavy atom. The minimum absolute atomic E-state index is 0.0203. The maximum Gasteiger partial charge on any atom is 0.435 e. The highest BCUT2D eigenvalue weighted by molar-refractivity contribution is 5.99. The number of halogens is 4. The van der Waals surface area contributed by atoms with Gasteiger partial charge in [-0.25, -0.2) is 9.07 Å². The van der Waals surface area contributed by atoms with Gasteiger partial charge in [0, 0.05) is 11.6 Å². The zero-order valence-corrected chi connectivity index (χ0v) is 18.3. The van der Waals surface area contributed by atoms with Crippen molar-refractivity contribution in [2.75, 3.05) is 5.32 Å². The first kappa shape index (κ1) is 23.3. The molecule has 1 aromatic heterocycles. The Labute approximate surface area is 188 Å². The molecule has 0 aliphatic heterocycles. The number of anilines is 1. The smallest absolute Gasteiger partial charge is 0.391 e. The molecular formula is C23H26F4N4O2. The van der Waals surface area contributed by atoms with Crippen LogP contribution in [0.15, 0.2) is 18.2 Å². The molecule has 2 aliphatic carbocycles. The van der Waals surface area contributed by atoms with Crippen LogP contribution < -0.4 is 11.1 Å². The lowest BCUT2D eigenvalue weighted by Gasteiger charge is -2.30. The lowest BCUT2D eigenvalue weighted by Crippen LogP contribution is -2.37. The number of hydrogen-bond donors (Lipinski definition) is 3. The van der Waals surface area contributed by atoms with Crippen molar-refractivity contribution in [3.8, 4) is 5.69 Å². The summed E-state index contributed by atoms with van der Waals surface area (Å²) in [5.41, 5.74) is 3.79. The number of aliphatic hydroxyl groups excluding tert-OH is 1. The molecule has 1 saturated carbocycles. The average molecular weight is 466 g/mol. The molecule has 0 radical (unpaired) electrons. The Kier molecular flexibility index (Phi) is 5.76. The van der Waals surface area contributed by atoms with Crippen LogP contribution in [-0.2, 0) is 12.6 Å². The fourth-order valence-electron chi connectivity index (χ4n) is 4.59. The molecule has 0 unspecified atom stereocenters. The normalized spacial score (nSPS) is 22.2. The van der Waals surface area contributed by atoms with Gasteiger partial charge in [0.25, 0.3) is 5.91 Å². The van der Waals surface area contributed by atoms with Crippen molar-refractivity contribution in [1.29, 1.82) is 0 Å². The third-order valence-electron chi connectivity index (χ3n) is 6.25. The fraction of sp³-hybridized carbons (Fsp3) is 0.478. The molecule has 2 aromatic rings. The minimum Gasteiger partial charge on any atom is -0.391 e. The quantitative estimate of drug-likeness (QED) is 0.581. The molecular weight excluding hydrogens is 440 g/mol. The van der Waals surface area contributed by atoms with Crippen molar-refractivity contribution in [2.24, 2.45) is 11.1 Å². The molecule has 1 aromatic carbocycles. The van der Waals surface area contributed by atoms with Crippen molar-refractivity contribution in [1.82, 2.24) is 9.78 Å². The number of rotatable bonds is 4. The number of aliphatic hydroxyl groups is 1. The van der Waals surface area contributed by atoms with Gasteiger partial charge >= 0.3 is 6.18 Å². The Balaban J connectivity index is 1.86. The van der Waals surface area contributed by atoms with Gasteiger partial charge in [-0.1, -0.05) is 38.8 Å². The van der Waals surface area contributed by atoms with E-state index >= 15 is 4.39 Å². The van der Waals surface area contributed by atoms with E-state index in [-0.39, 0.29) is 23.4 Å². The van der Waals surface area contributed by atoms with Crippen LogP contribution in [-0.4, -0.2) is 32.9 Å². The van der Waals surface area contributed by atoms with Crippen LogP contribution in [0.5, 0.6) is 0 Å². The molecule has 10 heteroatoms. The van der Waals surface area contributed by atoms with E-state index in [1.807, 2.05) is 13.8 Å². The van der Waals surface area contributed by atoms with Crippen molar-refractivity contribution in [3.05, 3.63) is 46.5 Å². The van der Waals surface area contributed by atoms with E-state index in [4.69, 9.17) is 5.73 Å². The van der Waals surface area contributed by atoms with E-state index in [1.54, 1.807) is 6.08 Å². The lowest BCUT2D eigenvalue weighted by atomic mass is 9.81. The van der Waals surface area contributed by atoms with Crippen LogP contribution in [0, 0.1) is 11.2 Å². The van der Waals surface area contributed by atoms with Gasteiger partial charge in [-0.3, -0.25) is 4.79 Å². The number of amides is 1. The predicted molar refractivity (Wildman–Crippen MR) is 115 cm³/mol. The van der Waals surface area contributed by atoms with Gasteiger partial charge in [0.15, 0.2) is 5.69 Å². The molecule has 1 amide bonds. The molecule has 2 aliphatic rings. The van der Waals surface area contributed by atoms with Crippen molar-refractivity contribution >= 4 is 17.7 Å². The van der Waals surface area contributed by atoms with E-state index in [1.165, 1.54) is 12.1 Å². The van der Waals surface area contributed by atoms with E-state index in [0.717, 1.165) is 23.6 Å². The third kappa shape index (κ3) is 4.48. The van der Waals surface area contributed by atoms with Gasteiger partial charge in [0.05, 0.1) is 34.8 Å². The summed E-state index contributed by atoms with van der Waals surface area (Å²) >= 11 is 0. The maximum atomic E-state index is 15.0. The summed E-state index contributed by atoms with van der Waals surface area (Å²) in [6.07, 6.45) is 0.790. The van der Waals surface area contributed by atoms with Crippen LogP contribution in [0.2, 0.25) is 0 Å². The second kappa shape index (κ2) is 8.16. The topological polar surface area (TPSA) is 93.2 Å². The van der Waals surface area contributed by atoms with Gasteiger partial charge in [-0.2, -0.15) is 18.3 Å². The van der Waals surface area contributed by atoms with Crippen LogP contribution in [0.4, 0.5) is 23.2 Å². The third-order valence-corrected chi connectivity index (χ3v) is 6.25. The molecule has 0 bridgehead atoms. The number of aromatic nitrogens is 2. The molecule has 6 nitrogen and oxygen atoms in total. The molecule has 1 heterocycles. The molecule has 4 N–H and O–H groups in total. The number of primary amides is 1. The molecule has 33 heavy (non-hydrogen) atoms. The van der Waals surface area contributed by atoms with Gasteiger partial charge in [0.2, 0.25) is 0 Å². The number of hydrogen-bond acceptors (Lipinski definition) is 4. The second-order valence-corrected chi connectivity index (χ2v) is 9.43. The molecule has 1 fully saturated rings. The first-order valence-electron chi connectivity index (χ1n) is 10.8. The predicted octanol–water partition coefficient (Wildman–Crippen LogP) is 4.44. The Hall–Kier alpha value is -2.88. The average Bonchev–Trinajstić information content (AvgIpc) is 3.07. The first-order valence-corrected chi connectivity index (χ1v) is 10.8. The fourth-order valence-corrected chi connectivity index (χ4v) is 4.59. The Morgan fingerprint density at radius 3 is 2.61 bits per heavy atom. The van der Waals surface area contributed by atoms with E-state index in [2.05, 4.69) is 10.4 Å². The maximum absolute atomic E-state index is 15.0. The molecule has 0 spiro atoms. The number of fused-ring (bicyclic) bond motifs is 1. The van der Waals surface area contributed by atoms with Crippen molar-refractivity contribution in [3.63, 3.8) is 0 Å². The van der Waals surface area contributed by atoms with Crippen LogP contribution in [0.25, 0.3) is 11.8 Å². The lowest BCUT2D eigenvalue weighted by molar-refractivity contribution is -0.141. The Morgan fingerprint density at radius 2 is 1.97 bits per heavy atom. The number of nitrogens with zero attached hydrogens (tertiary/aromatic N) is 2. The summed E-state index contributed by atoms with van der Waals surface area (Å²) in [6, 6.07) is 1.88. The number of carbonyl (C=O) groups is 1. The summed E-state index contributed by atoms with van der Waals surface area (Å²) in [4.78, 5) is 12.0. The molecule has 4 rings (SSSR count). The summed E-state index contributed by atoms with van der Waals surface area (Å²) in [5.74, 6) is -1.99. The first-order chi connectivity index (χ1) is 15.4. The van der Waals surface area contributed by atoms with E-state index in [9.17, 15) is 23.1 Å². The highest BCUT2D eigenvalue weighted by atomic mass is 19.4. The SMILES string of the molecule is CC1(C)C=Cc2c(C(F)(F)F)nn(-c3cc(F)c(C(N)=O)c(N[C@H]4CCCC[C@@H]4O)c3)c2C1. The number of alkyl halides is 3. The highest BCUT2D eigenvalue weighted by Gasteiger charge is 2.41. The minimum atomic E-state index is -4.69. The van der Waals surface area contributed by atoms with Crippen molar-refractivity contribution in [2.45, 2.75) is 64.3 Å². The van der Waals surface area contributed by atoms with E-state index < -0.39 is 46.7 Å². The number of carbonyl (C=O) groups excluding carboxylic acids is 1. The van der Waals surface area contributed by atoms with Gasteiger partial charge in [-0.15, -0.1) is 0 Å². The summed E-state index contributed by atoms with van der Waals surface area (Å²) in [7, 11) is 0. The van der Waals surface area contributed by atoms with Crippen molar-refractivity contribution < 1.29 is 27.5 Å². The number of allylic oxidation sites excluding steroid dienone is 1. The molecule has 0 saturated heterocycles. The Bertz CT molecular complexity index is 1120. The van der Waals surface area contributed by atoms with Gasteiger partial charge in [-0.05, 0) is 30.7 Å². The summed E-state index contributed by atoms with van der Waals surface area (Å²) in [5, 5.41) is 17.1. The monoisotopic (exact) mass is 466 g/mol. The second-order valence-electron chi connectivity index (χ2n) is 9.43. The number of benzene rings is 1. The van der Waals surface area contributed by atoms with Crippen LogP contribution in [0.3, 0.4) is 0 Å². The van der Waals surface area contributed by atoms with Crippen LogP contribution >= 0.6 is 0 Å². The molecule has 178 valence electrons. The highest BCUT2D eigenvalue weighted by Crippen LogP contribution is 2.41. The summed E-state index contributed by atoms with van der Waals surface area (Å²) < 4.78 is 57.2. The van der Waals surface area contributed by atoms with Crippen LogP contribution in [0.1, 0.15) is 66.8 Å². The van der Waals surface area contributed by atoms with Gasteiger partial charge in [0.1, 0.15) is 5.82 Å². The standard InChI is InChI=1S/C23H26F4N4O2/c1-22(2)8-7-13-17(11-22)31(30-20(13)23(25,26)27)12-9-14(24)19(21(28)33)16(10-12)29-15-5-3-4-6-18(15)32/h7-10,15,18,29,32H,3-6,11H2,1-2H3,(H2,28,33)/t15-,18-/m0/s1. The zero-order valence-electron chi connectivity index (χ0n) is 18.3. The largest absolute Gasteiger partial charge is 0.435 e.